The van der Waals surface area contributed by atoms with Gasteiger partial charge in [-0.15, -0.1) is 0 Å². The van der Waals surface area contributed by atoms with Crippen molar-refractivity contribution in [2.45, 2.75) is 67.7 Å². The van der Waals surface area contributed by atoms with E-state index >= 15 is 0 Å². The van der Waals surface area contributed by atoms with Crippen LogP contribution in [-0.4, -0.2) is 5.71 Å². The molecule has 0 saturated carbocycles. The summed E-state index contributed by atoms with van der Waals surface area (Å²) in [5.41, 5.74) is 6.58. The molecular weight excluding hydrogens is 218 g/mol. The van der Waals surface area contributed by atoms with Crippen LogP contribution in [0.25, 0.3) is 0 Å². The number of rotatable bonds is 0. The lowest BCUT2D eigenvalue weighted by Crippen LogP contribution is -2.23. The molecule has 102 valence electrons. The molecule has 1 aromatic carbocycles. The zero-order valence-electron chi connectivity index (χ0n) is 13.6. The molecule has 0 spiro atoms. The standard InChI is InChI=1S/C13H17N.2C2H6/c1-8-6-9(2)12-11(7-8)14-10(3)13(12,4)5;2*1-2/h6-7H,1-5H3;2*1-2H3. The molecule has 0 fully saturated rings. The van der Waals surface area contributed by atoms with Crippen LogP contribution in [0.1, 0.15) is 65.2 Å². The normalized spacial score (nSPS) is 14.6. The van der Waals surface area contributed by atoms with Gasteiger partial charge in [0.1, 0.15) is 0 Å². The second kappa shape index (κ2) is 6.72. The van der Waals surface area contributed by atoms with E-state index in [0.717, 1.165) is 0 Å². The Balaban J connectivity index is 0.000000659. The summed E-state index contributed by atoms with van der Waals surface area (Å²) in [4.78, 5) is 4.64. The molecule has 1 aliphatic rings. The highest BCUT2D eigenvalue weighted by atomic mass is 14.8. The lowest BCUT2D eigenvalue weighted by Gasteiger charge is -2.22. The average Bonchev–Trinajstić information content (AvgIpc) is 2.54. The van der Waals surface area contributed by atoms with E-state index in [9.17, 15) is 0 Å². The molecule has 0 radical (unpaired) electrons. The molecule has 1 nitrogen and oxygen atoms in total. The Labute approximate surface area is 113 Å². The molecule has 0 atom stereocenters. The molecule has 1 heterocycles. The smallest absolute Gasteiger partial charge is 0.0675 e. The maximum Gasteiger partial charge on any atom is 0.0675 e. The summed E-state index contributed by atoms with van der Waals surface area (Å²) < 4.78 is 0. The number of nitrogens with zero attached hydrogens (tertiary/aromatic N) is 1. The molecule has 1 aromatic rings. The third-order valence-corrected chi connectivity index (χ3v) is 3.28. The Hall–Kier alpha value is -1.11. The van der Waals surface area contributed by atoms with Crippen molar-refractivity contribution in [2.75, 3.05) is 0 Å². The van der Waals surface area contributed by atoms with Crippen molar-refractivity contribution in [2.24, 2.45) is 4.99 Å². The summed E-state index contributed by atoms with van der Waals surface area (Å²) in [5.74, 6) is 0. The molecule has 1 heteroatoms. The minimum Gasteiger partial charge on any atom is -0.257 e. The van der Waals surface area contributed by atoms with Crippen LogP contribution >= 0.6 is 0 Å². The number of fused-ring (bicyclic) bond motifs is 1. The van der Waals surface area contributed by atoms with Gasteiger partial charge in [-0.3, -0.25) is 4.99 Å². The highest BCUT2D eigenvalue weighted by molar-refractivity contribution is 6.00. The Morgan fingerprint density at radius 2 is 1.39 bits per heavy atom. The number of hydrogen-bond acceptors (Lipinski definition) is 1. The lowest BCUT2D eigenvalue weighted by molar-refractivity contribution is 0.727. The van der Waals surface area contributed by atoms with E-state index in [0.29, 0.717) is 0 Å². The van der Waals surface area contributed by atoms with Gasteiger partial charge in [0.05, 0.1) is 5.69 Å². The number of benzene rings is 1. The molecule has 2 rings (SSSR count). The van der Waals surface area contributed by atoms with Gasteiger partial charge in [0.2, 0.25) is 0 Å². The van der Waals surface area contributed by atoms with Gasteiger partial charge >= 0.3 is 0 Å². The molecule has 0 saturated heterocycles. The van der Waals surface area contributed by atoms with E-state index in [-0.39, 0.29) is 5.41 Å². The Morgan fingerprint density at radius 3 is 1.89 bits per heavy atom. The highest BCUT2D eigenvalue weighted by Gasteiger charge is 2.33. The minimum absolute atomic E-state index is 0.118. The van der Waals surface area contributed by atoms with E-state index < -0.39 is 0 Å². The fourth-order valence-electron chi connectivity index (χ4n) is 2.35. The van der Waals surface area contributed by atoms with E-state index in [2.05, 4.69) is 51.7 Å². The number of aliphatic imine (C=N–C) groups is 1. The Bertz CT molecular complexity index is 425. The lowest BCUT2D eigenvalue weighted by atomic mass is 9.79. The summed E-state index contributed by atoms with van der Waals surface area (Å²) in [5, 5.41) is 0. The largest absolute Gasteiger partial charge is 0.257 e. The van der Waals surface area contributed by atoms with E-state index in [4.69, 9.17) is 0 Å². The molecule has 0 aromatic heterocycles. The van der Waals surface area contributed by atoms with Gasteiger partial charge < -0.3 is 0 Å². The maximum absolute atomic E-state index is 4.64. The van der Waals surface area contributed by atoms with Crippen LogP contribution in [0.5, 0.6) is 0 Å². The predicted molar refractivity (Wildman–Crippen MR) is 84.4 cm³/mol. The zero-order chi connectivity index (χ0) is 14.5. The van der Waals surface area contributed by atoms with Crippen LogP contribution in [0.3, 0.4) is 0 Å². The van der Waals surface area contributed by atoms with Crippen molar-refractivity contribution in [3.05, 3.63) is 28.8 Å². The van der Waals surface area contributed by atoms with Crippen LogP contribution in [0, 0.1) is 13.8 Å². The first-order valence-corrected chi connectivity index (χ1v) is 7.10. The van der Waals surface area contributed by atoms with Crippen molar-refractivity contribution < 1.29 is 0 Å². The SMILES string of the molecule is CC.CC.CC1=Nc2cc(C)cc(C)c2C1(C)C. The zero-order valence-corrected chi connectivity index (χ0v) is 13.6. The summed E-state index contributed by atoms with van der Waals surface area (Å²) in [6.45, 7) is 18.9. The average molecular weight is 247 g/mol. The van der Waals surface area contributed by atoms with Gasteiger partial charge in [0.15, 0.2) is 0 Å². The Morgan fingerprint density at radius 1 is 0.889 bits per heavy atom. The first kappa shape index (κ1) is 16.9. The van der Waals surface area contributed by atoms with Crippen LogP contribution in [0.4, 0.5) is 5.69 Å². The van der Waals surface area contributed by atoms with Crippen molar-refractivity contribution in [1.82, 2.24) is 0 Å². The van der Waals surface area contributed by atoms with Gasteiger partial charge in [-0.1, -0.05) is 47.6 Å². The summed E-state index contributed by atoms with van der Waals surface area (Å²) >= 11 is 0. The van der Waals surface area contributed by atoms with E-state index in [1.807, 2.05) is 27.7 Å². The summed E-state index contributed by atoms with van der Waals surface area (Å²) in [6, 6.07) is 4.43. The topological polar surface area (TPSA) is 12.4 Å². The first-order chi connectivity index (χ1) is 8.43. The third kappa shape index (κ3) is 3.01. The van der Waals surface area contributed by atoms with Crippen LogP contribution in [0.2, 0.25) is 0 Å². The maximum atomic E-state index is 4.64. The molecule has 0 N–H and O–H groups in total. The molecule has 0 bridgehead atoms. The molecular formula is C17H29N. The highest BCUT2D eigenvalue weighted by Crippen LogP contribution is 2.42. The van der Waals surface area contributed by atoms with Gasteiger partial charge in [0.25, 0.3) is 0 Å². The minimum atomic E-state index is 0.118. The van der Waals surface area contributed by atoms with Gasteiger partial charge in [-0.25, -0.2) is 0 Å². The first-order valence-electron chi connectivity index (χ1n) is 7.10. The van der Waals surface area contributed by atoms with E-state index in [1.165, 1.54) is 28.1 Å². The van der Waals surface area contributed by atoms with E-state index in [1.54, 1.807) is 0 Å². The van der Waals surface area contributed by atoms with Crippen molar-refractivity contribution in [1.29, 1.82) is 0 Å². The molecule has 1 aliphatic heterocycles. The molecule has 0 amide bonds. The van der Waals surface area contributed by atoms with Crippen molar-refractivity contribution in [3.8, 4) is 0 Å². The van der Waals surface area contributed by atoms with Gasteiger partial charge in [-0.2, -0.15) is 0 Å². The quantitative estimate of drug-likeness (QED) is 0.554. The summed E-state index contributed by atoms with van der Waals surface area (Å²) in [6.07, 6.45) is 0. The van der Waals surface area contributed by atoms with Crippen LogP contribution in [-0.2, 0) is 5.41 Å². The number of hydrogen-bond donors (Lipinski definition) is 0. The number of aryl methyl sites for hydroxylation is 2. The van der Waals surface area contributed by atoms with Crippen LogP contribution < -0.4 is 0 Å². The second-order valence-electron chi connectivity index (χ2n) is 4.80. The second-order valence-corrected chi connectivity index (χ2v) is 4.80. The van der Waals surface area contributed by atoms with Crippen molar-refractivity contribution >= 4 is 11.4 Å². The monoisotopic (exact) mass is 247 g/mol. The molecule has 0 unspecified atom stereocenters. The third-order valence-electron chi connectivity index (χ3n) is 3.28. The molecule has 0 aliphatic carbocycles. The fraction of sp³-hybridized carbons (Fsp3) is 0.588. The molecule has 18 heavy (non-hydrogen) atoms. The fourth-order valence-corrected chi connectivity index (χ4v) is 2.35. The van der Waals surface area contributed by atoms with Crippen LogP contribution in [0.15, 0.2) is 17.1 Å². The predicted octanol–water partition coefficient (Wildman–Crippen LogP) is 5.74. The summed E-state index contributed by atoms with van der Waals surface area (Å²) in [7, 11) is 0. The van der Waals surface area contributed by atoms with Crippen molar-refractivity contribution in [3.63, 3.8) is 0 Å². The van der Waals surface area contributed by atoms with Gasteiger partial charge in [-0.05, 0) is 43.5 Å². The van der Waals surface area contributed by atoms with Gasteiger partial charge in [0, 0.05) is 11.1 Å². The Kier molecular flexibility index (Phi) is 6.31.